The Labute approximate surface area is 90.2 Å². The minimum absolute atomic E-state index is 0.254. The zero-order chi connectivity index (χ0) is 11.7. The van der Waals surface area contributed by atoms with Gasteiger partial charge in [0, 0.05) is 18.0 Å². The van der Waals surface area contributed by atoms with E-state index in [9.17, 15) is 15.0 Å². The summed E-state index contributed by atoms with van der Waals surface area (Å²) in [6.45, 7) is 0. The van der Waals surface area contributed by atoms with E-state index in [1.54, 1.807) is 18.3 Å². The van der Waals surface area contributed by atoms with Crippen molar-refractivity contribution in [1.29, 1.82) is 0 Å². The molecule has 0 spiro atoms. The monoisotopic (exact) mass is 222 g/mol. The molecule has 0 amide bonds. The Morgan fingerprint density at radius 2 is 2.19 bits per heavy atom. The third-order valence-electron chi connectivity index (χ3n) is 2.31. The van der Waals surface area contributed by atoms with E-state index in [-0.39, 0.29) is 5.56 Å². The number of nitrogens with zero attached hydrogens (tertiary/aromatic N) is 1. The third-order valence-corrected chi connectivity index (χ3v) is 2.31. The van der Waals surface area contributed by atoms with Crippen molar-refractivity contribution in [3.05, 3.63) is 30.1 Å². The summed E-state index contributed by atoms with van der Waals surface area (Å²) < 4.78 is 0. The van der Waals surface area contributed by atoms with Gasteiger partial charge in [0.2, 0.25) is 0 Å². The van der Waals surface area contributed by atoms with Gasteiger partial charge in [0.1, 0.15) is 6.10 Å². The number of aromatic nitrogens is 2. The van der Waals surface area contributed by atoms with Crippen molar-refractivity contribution in [2.75, 3.05) is 0 Å². The summed E-state index contributed by atoms with van der Waals surface area (Å²) in [5, 5.41) is 27.3. The van der Waals surface area contributed by atoms with Crippen LogP contribution in [0.1, 0.15) is 11.7 Å². The molecule has 0 fully saturated rings. The number of H-pyrrole nitrogens is 1. The van der Waals surface area contributed by atoms with Crippen LogP contribution >= 0.6 is 0 Å². The molecule has 0 aliphatic rings. The number of hydrogen-bond donors (Lipinski definition) is 4. The number of carboxylic acid groups (broad SMARTS) is 1. The molecule has 0 saturated carbocycles. The number of aliphatic carboxylic acids is 1. The minimum atomic E-state index is -1.85. The van der Waals surface area contributed by atoms with Crippen molar-refractivity contribution in [1.82, 2.24) is 9.97 Å². The normalized spacial score (nSPS) is 14.9. The van der Waals surface area contributed by atoms with E-state index in [1.165, 1.54) is 6.20 Å². The predicted molar refractivity (Wildman–Crippen MR) is 54.7 cm³/mol. The molecule has 6 nitrogen and oxygen atoms in total. The van der Waals surface area contributed by atoms with Gasteiger partial charge in [-0.25, -0.2) is 4.79 Å². The molecular formula is C10H10N2O4. The molecule has 2 rings (SSSR count). The molecule has 16 heavy (non-hydrogen) atoms. The maximum Gasteiger partial charge on any atom is 0.335 e. The van der Waals surface area contributed by atoms with E-state index in [2.05, 4.69) is 9.97 Å². The quantitative estimate of drug-likeness (QED) is 0.586. The highest BCUT2D eigenvalue weighted by Gasteiger charge is 2.25. The minimum Gasteiger partial charge on any atom is -0.479 e. The van der Waals surface area contributed by atoms with Crippen LogP contribution in [-0.4, -0.2) is 37.4 Å². The van der Waals surface area contributed by atoms with Gasteiger partial charge in [0.05, 0.1) is 11.0 Å². The number of hydrogen-bond acceptors (Lipinski definition) is 4. The zero-order valence-electron chi connectivity index (χ0n) is 8.16. The number of aromatic amines is 1. The Balaban J connectivity index is 2.35. The van der Waals surface area contributed by atoms with Gasteiger partial charge in [0.15, 0.2) is 6.10 Å². The molecule has 0 saturated heterocycles. The molecule has 0 aliphatic heterocycles. The number of aliphatic hydroxyl groups excluding tert-OH is 2. The van der Waals surface area contributed by atoms with Crippen molar-refractivity contribution >= 4 is 17.0 Å². The standard InChI is InChI=1S/C10H10N2O4/c13-8(9(14)10(15)16)5-3-7-6(12-4-5)1-2-11-7/h1-4,8-9,11,13-14H,(H,15,16). The Bertz CT molecular complexity index is 522. The second-order valence-electron chi connectivity index (χ2n) is 3.41. The van der Waals surface area contributed by atoms with Gasteiger partial charge in [-0.3, -0.25) is 4.98 Å². The molecule has 6 heteroatoms. The van der Waals surface area contributed by atoms with Crippen molar-refractivity contribution in [3.63, 3.8) is 0 Å². The topological polar surface area (TPSA) is 106 Å². The van der Waals surface area contributed by atoms with E-state index in [1.807, 2.05) is 0 Å². The van der Waals surface area contributed by atoms with Crippen molar-refractivity contribution in [2.45, 2.75) is 12.2 Å². The van der Waals surface area contributed by atoms with Crippen LogP contribution in [-0.2, 0) is 4.79 Å². The molecule has 84 valence electrons. The van der Waals surface area contributed by atoms with Gasteiger partial charge in [-0.2, -0.15) is 0 Å². The first-order chi connectivity index (χ1) is 7.59. The lowest BCUT2D eigenvalue weighted by molar-refractivity contribution is -0.153. The molecule has 2 atom stereocenters. The van der Waals surface area contributed by atoms with Gasteiger partial charge in [-0.1, -0.05) is 0 Å². The zero-order valence-corrected chi connectivity index (χ0v) is 8.16. The van der Waals surface area contributed by atoms with Crippen LogP contribution in [0.15, 0.2) is 24.5 Å². The second kappa shape index (κ2) is 3.92. The Morgan fingerprint density at radius 1 is 1.44 bits per heavy atom. The largest absolute Gasteiger partial charge is 0.479 e. The van der Waals surface area contributed by atoms with Crippen LogP contribution in [0.25, 0.3) is 11.0 Å². The third kappa shape index (κ3) is 1.75. The highest BCUT2D eigenvalue weighted by molar-refractivity contribution is 5.76. The van der Waals surface area contributed by atoms with E-state index in [0.29, 0.717) is 11.0 Å². The van der Waals surface area contributed by atoms with Crippen LogP contribution < -0.4 is 0 Å². The molecule has 0 aliphatic carbocycles. The lowest BCUT2D eigenvalue weighted by Crippen LogP contribution is -2.27. The Kier molecular flexibility index (Phi) is 2.59. The number of nitrogens with one attached hydrogen (secondary N) is 1. The lowest BCUT2D eigenvalue weighted by atomic mass is 10.1. The molecule has 2 aromatic heterocycles. The molecule has 4 N–H and O–H groups in total. The number of carboxylic acids is 1. The number of fused-ring (bicyclic) bond motifs is 1. The van der Waals surface area contributed by atoms with Crippen molar-refractivity contribution < 1.29 is 20.1 Å². The van der Waals surface area contributed by atoms with Crippen molar-refractivity contribution in [2.24, 2.45) is 0 Å². The fourth-order valence-electron chi connectivity index (χ4n) is 1.43. The highest BCUT2D eigenvalue weighted by Crippen LogP contribution is 2.19. The van der Waals surface area contributed by atoms with Crippen LogP contribution in [0.5, 0.6) is 0 Å². The van der Waals surface area contributed by atoms with Gasteiger partial charge < -0.3 is 20.3 Å². The molecule has 0 aromatic carbocycles. The first kappa shape index (κ1) is 10.6. The fourth-order valence-corrected chi connectivity index (χ4v) is 1.43. The van der Waals surface area contributed by atoms with Crippen LogP contribution in [0.2, 0.25) is 0 Å². The lowest BCUT2D eigenvalue weighted by Gasteiger charge is -2.13. The van der Waals surface area contributed by atoms with E-state index >= 15 is 0 Å². The molecule has 2 heterocycles. The van der Waals surface area contributed by atoms with Crippen molar-refractivity contribution in [3.8, 4) is 0 Å². The summed E-state index contributed by atoms with van der Waals surface area (Å²) in [6.07, 6.45) is -0.319. The number of pyridine rings is 1. The summed E-state index contributed by atoms with van der Waals surface area (Å²) in [5.74, 6) is -1.47. The van der Waals surface area contributed by atoms with Crippen LogP contribution in [0.3, 0.4) is 0 Å². The second-order valence-corrected chi connectivity index (χ2v) is 3.41. The Hall–Kier alpha value is -1.92. The molecular weight excluding hydrogens is 212 g/mol. The van der Waals surface area contributed by atoms with E-state index < -0.39 is 18.2 Å². The van der Waals surface area contributed by atoms with Crippen LogP contribution in [0.4, 0.5) is 0 Å². The number of aliphatic hydroxyl groups is 2. The van der Waals surface area contributed by atoms with Gasteiger partial charge in [-0.15, -0.1) is 0 Å². The predicted octanol–water partition coefficient (Wildman–Crippen LogP) is 0.0418. The molecule has 2 aromatic rings. The van der Waals surface area contributed by atoms with Gasteiger partial charge >= 0.3 is 5.97 Å². The smallest absolute Gasteiger partial charge is 0.335 e. The number of rotatable bonds is 3. The average Bonchev–Trinajstić information content (AvgIpc) is 2.73. The average molecular weight is 222 g/mol. The number of carbonyl (C=O) groups is 1. The maximum absolute atomic E-state index is 10.5. The summed E-state index contributed by atoms with van der Waals surface area (Å²) in [4.78, 5) is 17.4. The summed E-state index contributed by atoms with van der Waals surface area (Å²) >= 11 is 0. The maximum atomic E-state index is 10.5. The Morgan fingerprint density at radius 3 is 2.88 bits per heavy atom. The first-order valence-corrected chi connectivity index (χ1v) is 4.61. The SMILES string of the molecule is O=C(O)C(O)C(O)c1cnc2cc[nH]c2c1. The summed E-state index contributed by atoms with van der Waals surface area (Å²) in [6, 6.07) is 3.30. The fraction of sp³-hybridized carbons (Fsp3) is 0.200. The van der Waals surface area contributed by atoms with Crippen LogP contribution in [0, 0.1) is 0 Å². The molecule has 0 bridgehead atoms. The highest BCUT2D eigenvalue weighted by atomic mass is 16.4. The summed E-state index contributed by atoms with van der Waals surface area (Å²) in [5.41, 5.74) is 1.64. The van der Waals surface area contributed by atoms with E-state index in [4.69, 9.17) is 5.11 Å². The summed E-state index contributed by atoms with van der Waals surface area (Å²) in [7, 11) is 0. The van der Waals surface area contributed by atoms with Gasteiger partial charge in [-0.05, 0) is 12.1 Å². The van der Waals surface area contributed by atoms with Gasteiger partial charge in [0.25, 0.3) is 0 Å². The molecule has 2 unspecified atom stereocenters. The molecule has 0 radical (unpaired) electrons. The van der Waals surface area contributed by atoms with E-state index in [0.717, 1.165) is 0 Å². The first-order valence-electron chi connectivity index (χ1n) is 4.61.